The molecule has 3 aromatic rings. The Labute approximate surface area is 185 Å². The van der Waals surface area contributed by atoms with Gasteiger partial charge in [0.25, 0.3) is 0 Å². The van der Waals surface area contributed by atoms with Gasteiger partial charge in [-0.25, -0.2) is 19.7 Å². The van der Waals surface area contributed by atoms with E-state index in [1.807, 2.05) is 0 Å². The summed E-state index contributed by atoms with van der Waals surface area (Å²) in [4.78, 5) is 36.0. The zero-order valence-corrected chi connectivity index (χ0v) is 17.7. The summed E-state index contributed by atoms with van der Waals surface area (Å²) >= 11 is 5.84. The van der Waals surface area contributed by atoms with Crippen molar-refractivity contribution in [2.24, 2.45) is 0 Å². The monoisotopic (exact) mass is 484 g/mol. The number of phosphoric acid groups is 1. The van der Waals surface area contributed by atoms with Crippen molar-refractivity contribution in [3.05, 3.63) is 47.5 Å². The molecule has 1 saturated heterocycles. The lowest BCUT2D eigenvalue weighted by Gasteiger charge is -2.24. The van der Waals surface area contributed by atoms with Crippen molar-refractivity contribution in [3.8, 4) is 0 Å². The van der Waals surface area contributed by atoms with E-state index < -0.39 is 44.9 Å². The van der Waals surface area contributed by atoms with Gasteiger partial charge in [0, 0.05) is 0 Å². The Morgan fingerprint density at radius 2 is 2.03 bits per heavy atom. The largest absolute Gasteiger partial charge is 0.746 e. The highest BCUT2D eigenvalue weighted by Gasteiger charge is 2.45. The molecular weight excluding hydrogens is 469 g/mol. The number of aliphatic hydroxyl groups excluding tert-OH is 2. The Kier molecular flexibility index (Phi) is 6.14. The maximum Gasteiger partial charge on any atom is 0.345 e. The molecule has 5 atom stereocenters. The number of anilines is 1. The smallest absolute Gasteiger partial charge is 0.345 e. The van der Waals surface area contributed by atoms with Gasteiger partial charge in [-0.3, -0.25) is 9.13 Å². The summed E-state index contributed by atoms with van der Waals surface area (Å²) in [6, 6.07) is 5.69. The zero-order chi connectivity index (χ0) is 23.0. The minimum atomic E-state index is -5.15. The van der Waals surface area contributed by atoms with Crippen LogP contribution in [0.25, 0.3) is 11.2 Å². The van der Waals surface area contributed by atoms with Gasteiger partial charge in [-0.05, 0) is 12.1 Å². The van der Waals surface area contributed by atoms with Gasteiger partial charge in [-0.2, -0.15) is 0 Å². The average molecular weight is 485 g/mol. The third kappa shape index (κ3) is 4.32. The van der Waals surface area contributed by atoms with Crippen LogP contribution in [0.1, 0.15) is 16.6 Å². The SMILES string of the molecule is Nc1ncnc2c1ncn2[C@@H]1O[C@H](COP(=O)([O-])OC(=O)c2ccccc2Cl)[C@@H](O)[C@H]1O. The predicted molar refractivity (Wildman–Crippen MR) is 106 cm³/mol. The summed E-state index contributed by atoms with van der Waals surface area (Å²) in [7, 11) is -5.15. The number of nitrogen functional groups attached to an aromatic ring is 1. The number of carbonyl (C=O) groups is 1. The van der Waals surface area contributed by atoms with Crippen molar-refractivity contribution < 1.29 is 38.3 Å². The number of hydrogen-bond acceptors (Lipinski definition) is 12. The van der Waals surface area contributed by atoms with Crippen LogP contribution < -0.4 is 10.6 Å². The number of phosphoric ester groups is 1. The molecule has 32 heavy (non-hydrogen) atoms. The van der Waals surface area contributed by atoms with Crippen LogP contribution in [-0.4, -0.2) is 60.6 Å². The summed E-state index contributed by atoms with van der Waals surface area (Å²) in [5.74, 6) is -1.13. The topological polar surface area (TPSA) is 195 Å². The molecule has 4 rings (SSSR count). The van der Waals surface area contributed by atoms with E-state index >= 15 is 0 Å². The lowest BCUT2D eigenvalue weighted by atomic mass is 10.1. The summed E-state index contributed by atoms with van der Waals surface area (Å²) in [6.45, 7) is -0.741. The van der Waals surface area contributed by atoms with Crippen LogP contribution in [0.5, 0.6) is 0 Å². The zero-order valence-electron chi connectivity index (χ0n) is 16.0. The second-order valence-corrected chi connectivity index (χ2v) is 8.47. The van der Waals surface area contributed by atoms with E-state index in [2.05, 4.69) is 24.0 Å². The number of imidazole rings is 1. The van der Waals surface area contributed by atoms with Gasteiger partial charge in [0.1, 0.15) is 30.2 Å². The van der Waals surface area contributed by atoms with Crippen molar-refractivity contribution in [1.29, 1.82) is 0 Å². The number of aromatic nitrogens is 4. The van der Waals surface area contributed by atoms with E-state index in [1.165, 1.54) is 35.4 Å². The number of benzene rings is 1. The molecule has 0 amide bonds. The minimum absolute atomic E-state index is 0.00461. The number of nitrogens with two attached hydrogens (primary N) is 1. The molecule has 0 aliphatic carbocycles. The van der Waals surface area contributed by atoms with Crippen molar-refractivity contribution in [1.82, 2.24) is 19.5 Å². The number of aliphatic hydroxyl groups is 2. The maximum atomic E-state index is 12.1. The number of nitrogens with zero attached hydrogens (tertiary/aromatic N) is 4. The first-order valence-corrected chi connectivity index (χ1v) is 10.9. The predicted octanol–water partition coefficient (Wildman–Crippen LogP) is 0.0231. The fraction of sp³-hybridized carbons (Fsp3) is 0.294. The molecule has 0 saturated carbocycles. The number of rotatable bonds is 6. The third-order valence-electron chi connectivity index (χ3n) is 4.68. The van der Waals surface area contributed by atoms with Crippen molar-refractivity contribution >= 4 is 42.4 Å². The van der Waals surface area contributed by atoms with Crippen LogP contribution in [0.3, 0.4) is 0 Å². The lowest BCUT2D eigenvalue weighted by molar-refractivity contribution is -0.222. The Balaban J connectivity index is 1.43. The minimum Gasteiger partial charge on any atom is -0.746 e. The van der Waals surface area contributed by atoms with Gasteiger partial charge >= 0.3 is 13.8 Å². The summed E-state index contributed by atoms with van der Waals surface area (Å²) in [6.07, 6.45) is -2.99. The molecule has 2 aromatic heterocycles. The molecule has 1 aliphatic rings. The van der Waals surface area contributed by atoms with Crippen molar-refractivity contribution in [2.45, 2.75) is 24.5 Å². The maximum absolute atomic E-state index is 12.1. The molecule has 0 radical (unpaired) electrons. The van der Waals surface area contributed by atoms with E-state index in [4.69, 9.17) is 22.1 Å². The first-order valence-electron chi connectivity index (χ1n) is 9.06. The van der Waals surface area contributed by atoms with Gasteiger partial charge in [-0.1, -0.05) is 23.7 Å². The van der Waals surface area contributed by atoms with Gasteiger partial charge in [-0.15, -0.1) is 0 Å². The van der Waals surface area contributed by atoms with Gasteiger partial charge < -0.3 is 34.6 Å². The number of hydrogen-bond donors (Lipinski definition) is 3. The van der Waals surface area contributed by atoms with E-state index in [0.717, 1.165) is 0 Å². The Morgan fingerprint density at radius 3 is 2.78 bits per heavy atom. The number of fused-ring (bicyclic) bond motifs is 1. The average Bonchev–Trinajstić information content (AvgIpc) is 3.29. The summed E-state index contributed by atoms with van der Waals surface area (Å²) < 4.78 is 28.0. The first-order chi connectivity index (χ1) is 15.2. The second-order valence-electron chi connectivity index (χ2n) is 6.73. The quantitative estimate of drug-likeness (QED) is 0.397. The third-order valence-corrected chi connectivity index (χ3v) is 5.87. The van der Waals surface area contributed by atoms with Crippen LogP contribution in [-0.2, 0) is 18.3 Å². The first kappa shape index (κ1) is 22.6. The molecule has 1 fully saturated rings. The molecule has 15 heteroatoms. The molecule has 4 N–H and O–H groups in total. The molecule has 1 aliphatic heterocycles. The lowest BCUT2D eigenvalue weighted by Crippen LogP contribution is -2.34. The van der Waals surface area contributed by atoms with Crippen LogP contribution in [0.4, 0.5) is 5.82 Å². The van der Waals surface area contributed by atoms with Crippen molar-refractivity contribution in [3.63, 3.8) is 0 Å². The van der Waals surface area contributed by atoms with E-state index in [9.17, 15) is 24.5 Å². The number of carbonyl (C=O) groups excluding carboxylic acids is 1. The standard InChI is InChI=1S/C17H17ClN5O8P/c18-9-4-2-1-3-8(9)17(26)31-32(27,28)29-5-10-12(24)13(25)16(30-10)23-7-22-11-14(19)20-6-21-15(11)23/h1-4,6-7,10,12-13,16,24-25H,5H2,(H,27,28)(H2,19,20,21)/p-1/t10-,12-,13-,16-/m1/s1. The van der Waals surface area contributed by atoms with Gasteiger partial charge in [0.15, 0.2) is 17.7 Å². The summed E-state index contributed by atoms with van der Waals surface area (Å²) in [5, 5.41) is 20.7. The van der Waals surface area contributed by atoms with Gasteiger partial charge in [0.2, 0.25) is 0 Å². The van der Waals surface area contributed by atoms with Crippen LogP contribution >= 0.6 is 19.4 Å². The normalized spacial score (nSPS) is 25.0. The molecule has 0 bridgehead atoms. The fourth-order valence-corrected chi connectivity index (χ4v) is 4.02. The highest BCUT2D eigenvalue weighted by atomic mass is 35.5. The van der Waals surface area contributed by atoms with Gasteiger partial charge in [0.05, 0.1) is 23.5 Å². The number of ether oxygens (including phenoxy) is 1. The van der Waals surface area contributed by atoms with Crippen LogP contribution in [0.2, 0.25) is 5.02 Å². The molecule has 1 aromatic carbocycles. The van der Waals surface area contributed by atoms with Crippen LogP contribution in [0, 0.1) is 0 Å². The highest BCUT2D eigenvalue weighted by Crippen LogP contribution is 2.41. The van der Waals surface area contributed by atoms with E-state index in [1.54, 1.807) is 6.07 Å². The molecule has 3 heterocycles. The Morgan fingerprint density at radius 1 is 1.28 bits per heavy atom. The van der Waals surface area contributed by atoms with E-state index in [0.29, 0.717) is 0 Å². The molecular formula is C17H16ClN5O8P-. The second kappa shape index (κ2) is 8.71. The highest BCUT2D eigenvalue weighted by molar-refractivity contribution is 7.46. The van der Waals surface area contributed by atoms with E-state index in [-0.39, 0.29) is 27.6 Å². The summed E-state index contributed by atoms with van der Waals surface area (Å²) in [5.41, 5.74) is 6.05. The number of halogens is 1. The molecule has 170 valence electrons. The van der Waals surface area contributed by atoms with Crippen molar-refractivity contribution in [2.75, 3.05) is 12.3 Å². The molecule has 1 unspecified atom stereocenters. The molecule has 13 nitrogen and oxygen atoms in total. The molecule has 0 spiro atoms. The Hall–Kier alpha value is -2.64. The fourth-order valence-electron chi connectivity index (χ4n) is 3.12. The Bertz CT molecular complexity index is 1210. The van der Waals surface area contributed by atoms with Crippen LogP contribution in [0.15, 0.2) is 36.9 Å².